The molecule has 0 aliphatic heterocycles. The Morgan fingerprint density at radius 1 is 0.848 bits per heavy atom. The van der Waals surface area contributed by atoms with Crippen LogP contribution in [0.3, 0.4) is 0 Å². The summed E-state index contributed by atoms with van der Waals surface area (Å²) < 4.78 is 29.7. The molecule has 0 aromatic heterocycles. The number of nitrogens with one attached hydrogen (secondary N) is 2. The van der Waals surface area contributed by atoms with E-state index in [1.807, 2.05) is 67.6 Å². The lowest BCUT2D eigenvalue weighted by Gasteiger charge is -2.23. The molecule has 0 heterocycles. The Balaban J connectivity index is 1.62. The number of sulfonamides is 1. The number of carbonyl (C=O) groups excluding carboxylic acids is 1. The van der Waals surface area contributed by atoms with E-state index in [4.69, 9.17) is 0 Å². The predicted octanol–water partition coefficient (Wildman–Crippen LogP) is 5.13. The average molecular weight is 463 g/mol. The fourth-order valence-electron chi connectivity index (χ4n) is 4.37. The molecule has 0 spiro atoms. The number of aryl methyl sites for hydroxylation is 1. The minimum absolute atomic E-state index is 0.0822. The molecular formula is C27H30N2O3S. The zero-order chi connectivity index (χ0) is 23.3. The smallest absolute Gasteiger partial charge is 0.251 e. The Kier molecular flexibility index (Phi) is 7.26. The minimum Gasteiger partial charge on any atom is -0.349 e. The summed E-state index contributed by atoms with van der Waals surface area (Å²) in [6, 6.07) is 23.3. The Bertz CT molecular complexity index is 1150. The zero-order valence-corrected chi connectivity index (χ0v) is 19.6. The second-order valence-corrected chi connectivity index (χ2v) is 10.4. The first-order valence-electron chi connectivity index (χ1n) is 11.5. The highest BCUT2D eigenvalue weighted by atomic mass is 32.2. The fraction of sp³-hybridized carbons (Fsp3) is 0.296. The maximum atomic E-state index is 13.4. The lowest BCUT2D eigenvalue weighted by Crippen LogP contribution is -2.36. The Morgan fingerprint density at radius 2 is 1.42 bits per heavy atom. The lowest BCUT2D eigenvalue weighted by atomic mass is 9.95. The minimum atomic E-state index is -3.89. The van der Waals surface area contributed by atoms with Gasteiger partial charge in [-0.1, -0.05) is 86.0 Å². The summed E-state index contributed by atoms with van der Waals surface area (Å²) in [6.45, 7) is 1.83. The van der Waals surface area contributed by atoms with E-state index in [1.54, 1.807) is 12.1 Å². The van der Waals surface area contributed by atoms with Gasteiger partial charge in [-0.05, 0) is 48.6 Å². The van der Waals surface area contributed by atoms with Crippen LogP contribution < -0.4 is 10.0 Å². The van der Waals surface area contributed by atoms with Gasteiger partial charge in [-0.15, -0.1) is 0 Å². The zero-order valence-electron chi connectivity index (χ0n) is 18.8. The van der Waals surface area contributed by atoms with Gasteiger partial charge in [0, 0.05) is 11.6 Å². The lowest BCUT2D eigenvalue weighted by molar-refractivity contribution is 0.0927. The molecule has 0 bridgehead atoms. The summed E-state index contributed by atoms with van der Waals surface area (Å²) in [5, 5.41) is 3.09. The number of rotatable bonds is 7. The average Bonchev–Trinajstić information content (AvgIpc) is 2.84. The third-order valence-electron chi connectivity index (χ3n) is 6.24. The van der Waals surface area contributed by atoms with Crippen molar-refractivity contribution >= 4 is 15.9 Å². The maximum absolute atomic E-state index is 13.4. The van der Waals surface area contributed by atoms with E-state index in [2.05, 4.69) is 10.0 Å². The molecule has 1 aliphatic rings. The molecular weight excluding hydrogens is 432 g/mol. The molecule has 1 aliphatic carbocycles. The second-order valence-electron chi connectivity index (χ2n) is 8.66. The summed E-state index contributed by atoms with van der Waals surface area (Å²) in [5.41, 5.74) is 2.84. The molecule has 0 saturated heterocycles. The van der Waals surface area contributed by atoms with Crippen molar-refractivity contribution in [2.45, 2.75) is 56.0 Å². The topological polar surface area (TPSA) is 75.3 Å². The van der Waals surface area contributed by atoms with Crippen molar-refractivity contribution in [2.75, 3.05) is 0 Å². The van der Waals surface area contributed by atoms with E-state index in [-0.39, 0.29) is 16.8 Å². The Labute approximate surface area is 196 Å². The highest BCUT2D eigenvalue weighted by molar-refractivity contribution is 7.89. The highest BCUT2D eigenvalue weighted by Gasteiger charge is 2.25. The van der Waals surface area contributed by atoms with Crippen molar-refractivity contribution < 1.29 is 13.2 Å². The molecule has 0 atom stereocenters. The van der Waals surface area contributed by atoms with Gasteiger partial charge in [0.2, 0.25) is 10.0 Å². The number of hydrogen-bond donors (Lipinski definition) is 2. The molecule has 1 saturated carbocycles. The van der Waals surface area contributed by atoms with Crippen LogP contribution in [0, 0.1) is 6.92 Å². The quantitative estimate of drug-likeness (QED) is 0.511. The molecule has 4 rings (SSSR count). The third-order valence-corrected chi connectivity index (χ3v) is 7.66. The van der Waals surface area contributed by atoms with Crippen LogP contribution in [0.5, 0.6) is 0 Å². The normalized spacial score (nSPS) is 14.8. The van der Waals surface area contributed by atoms with Crippen molar-refractivity contribution in [3.8, 4) is 0 Å². The van der Waals surface area contributed by atoms with Crippen LogP contribution in [0.4, 0.5) is 0 Å². The van der Waals surface area contributed by atoms with Crippen LogP contribution in [-0.4, -0.2) is 20.4 Å². The van der Waals surface area contributed by atoms with Crippen LogP contribution in [0.1, 0.15) is 65.2 Å². The van der Waals surface area contributed by atoms with Crippen LogP contribution in [0.15, 0.2) is 83.8 Å². The molecule has 0 radical (unpaired) electrons. The molecule has 6 heteroatoms. The Hall–Kier alpha value is -2.96. The molecule has 33 heavy (non-hydrogen) atoms. The Morgan fingerprint density at radius 3 is 2.00 bits per heavy atom. The number of benzene rings is 3. The van der Waals surface area contributed by atoms with Gasteiger partial charge in [0.05, 0.1) is 10.9 Å². The van der Waals surface area contributed by atoms with E-state index < -0.39 is 16.1 Å². The fourth-order valence-corrected chi connectivity index (χ4v) is 5.60. The van der Waals surface area contributed by atoms with Gasteiger partial charge in [0.1, 0.15) is 0 Å². The first-order chi connectivity index (χ1) is 15.9. The SMILES string of the molecule is Cc1ccc(S(=O)(=O)NC(c2ccccc2)c2ccccc2)cc1C(=O)NC1CCCCC1. The standard InChI is InChI=1S/C27H30N2O3S/c1-20-17-18-24(19-25(20)27(30)28-23-15-9-4-10-16-23)33(31,32)29-26(21-11-5-2-6-12-21)22-13-7-3-8-14-22/h2-3,5-8,11-14,17-19,23,26,29H,4,9-10,15-16H2,1H3,(H,28,30). The van der Waals surface area contributed by atoms with Crippen molar-refractivity contribution in [2.24, 2.45) is 0 Å². The van der Waals surface area contributed by atoms with Gasteiger partial charge in [0.25, 0.3) is 5.91 Å². The maximum Gasteiger partial charge on any atom is 0.251 e. The molecule has 5 nitrogen and oxygen atoms in total. The van der Waals surface area contributed by atoms with E-state index in [9.17, 15) is 13.2 Å². The van der Waals surface area contributed by atoms with Gasteiger partial charge in [0.15, 0.2) is 0 Å². The largest absolute Gasteiger partial charge is 0.349 e. The van der Waals surface area contributed by atoms with Crippen LogP contribution in [-0.2, 0) is 10.0 Å². The van der Waals surface area contributed by atoms with Crippen molar-refractivity contribution in [1.82, 2.24) is 10.0 Å². The summed E-state index contributed by atoms with van der Waals surface area (Å²) in [4.78, 5) is 13.0. The van der Waals surface area contributed by atoms with E-state index in [1.165, 1.54) is 12.5 Å². The number of carbonyl (C=O) groups is 1. The first-order valence-corrected chi connectivity index (χ1v) is 13.0. The van der Waals surface area contributed by atoms with Crippen LogP contribution in [0.25, 0.3) is 0 Å². The molecule has 3 aromatic rings. The van der Waals surface area contributed by atoms with Crippen molar-refractivity contribution in [3.63, 3.8) is 0 Å². The van der Waals surface area contributed by atoms with Gasteiger partial charge >= 0.3 is 0 Å². The summed E-state index contributed by atoms with van der Waals surface area (Å²) >= 11 is 0. The van der Waals surface area contributed by atoms with Gasteiger partial charge < -0.3 is 5.32 Å². The summed E-state index contributed by atoms with van der Waals surface area (Å²) in [6.07, 6.45) is 5.38. The molecule has 3 aromatic carbocycles. The number of hydrogen-bond acceptors (Lipinski definition) is 3. The van der Waals surface area contributed by atoms with Crippen LogP contribution in [0.2, 0.25) is 0 Å². The molecule has 0 unspecified atom stereocenters. The van der Waals surface area contributed by atoms with Gasteiger partial charge in [-0.3, -0.25) is 4.79 Å². The third kappa shape index (κ3) is 5.70. The number of amides is 1. The van der Waals surface area contributed by atoms with Crippen molar-refractivity contribution in [1.29, 1.82) is 0 Å². The van der Waals surface area contributed by atoms with E-state index >= 15 is 0 Å². The van der Waals surface area contributed by atoms with Crippen molar-refractivity contribution in [3.05, 3.63) is 101 Å². The predicted molar refractivity (Wildman–Crippen MR) is 131 cm³/mol. The highest BCUT2D eigenvalue weighted by Crippen LogP contribution is 2.26. The molecule has 1 amide bonds. The van der Waals surface area contributed by atoms with E-state index in [0.717, 1.165) is 42.4 Å². The molecule has 1 fully saturated rings. The molecule has 2 N–H and O–H groups in total. The summed E-state index contributed by atoms with van der Waals surface area (Å²) in [5.74, 6) is -0.209. The second kappa shape index (κ2) is 10.3. The van der Waals surface area contributed by atoms with Gasteiger partial charge in [-0.2, -0.15) is 4.72 Å². The molecule has 172 valence electrons. The first kappa shape index (κ1) is 23.2. The monoisotopic (exact) mass is 462 g/mol. The van der Waals surface area contributed by atoms with Crippen LogP contribution >= 0.6 is 0 Å². The van der Waals surface area contributed by atoms with E-state index in [0.29, 0.717) is 5.56 Å². The summed E-state index contributed by atoms with van der Waals surface area (Å²) in [7, 11) is -3.89. The van der Waals surface area contributed by atoms with Gasteiger partial charge in [-0.25, -0.2) is 8.42 Å².